The molecule has 1 fully saturated rings. The summed E-state index contributed by atoms with van der Waals surface area (Å²) in [6, 6.07) is 5.09. The number of carbonyl (C=O) groups excluding carboxylic acids is 1. The molecule has 0 saturated carbocycles. The van der Waals surface area contributed by atoms with Gasteiger partial charge in [-0.15, -0.1) is 0 Å². The van der Waals surface area contributed by atoms with Crippen molar-refractivity contribution in [3.8, 4) is 5.75 Å². The largest absolute Gasteiger partial charge is 0.508 e. The van der Waals surface area contributed by atoms with E-state index in [9.17, 15) is 15.0 Å². The Morgan fingerprint density at radius 1 is 1.33 bits per heavy atom. The van der Waals surface area contributed by atoms with E-state index in [1.54, 1.807) is 23.1 Å². The van der Waals surface area contributed by atoms with Crippen molar-refractivity contribution >= 4 is 11.8 Å². The first-order chi connectivity index (χ1) is 11.1. The topological polar surface area (TPSA) is 82.0 Å². The second kappa shape index (κ2) is 6.89. The van der Waals surface area contributed by atoms with Gasteiger partial charge in [0.1, 0.15) is 11.4 Å². The van der Waals surface area contributed by atoms with Crippen LogP contribution in [0.2, 0.25) is 0 Å². The quantitative estimate of drug-likeness (QED) is 0.740. The van der Waals surface area contributed by atoms with E-state index in [1.165, 1.54) is 0 Å². The summed E-state index contributed by atoms with van der Waals surface area (Å²) in [5.41, 5.74) is 0.437. The van der Waals surface area contributed by atoms with Crippen LogP contribution in [0.15, 0.2) is 18.2 Å². The zero-order chi connectivity index (χ0) is 18.0. The van der Waals surface area contributed by atoms with Gasteiger partial charge in [-0.2, -0.15) is 0 Å². The van der Waals surface area contributed by atoms with Crippen LogP contribution in [0.4, 0.5) is 10.5 Å². The summed E-state index contributed by atoms with van der Waals surface area (Å²) in [6.45, 7) is 8.78. The van der Waals surface area contributed by atoms with Crippen LogP contribution in [0.1, 0.15) is 39.2 Å². The average molecular weight is 336 g/mol. The van der Waals surface area contributed by atoms with Gasteiger partial charge in [-0.05, 0) is 64.3 Å². The summed E-state index contributed by atoms with van der Waals surface area (Å²) < 4.78 is 5.37. The van der Waals surface area contributed by atoms with Crippen LogP contribution < -0.4 is 5.32 Å². The number of ether oxygens (including phenoxy) is 1. The highest BCUT2D eigenvalue weighted by Gasteiger charge is 2.35. The lowest BCUT2D eigenvalue weighted by atomic mass is 9.91. The normalized spacial score (nSPS) is 17.5. The molecule has 3 N–H and O–H groups in total. The van der Waals surface area contributed by atoms with Crippen molar-refractivity contribution in [2.75, 3.05) is 25.0 Å². The molecule has 0 unspecified atom stereocenters. The number of aryl methyl sites for hydroxylation is 1. The van der Waals surface area contributed by atoms with Crippen LogP contribution in [-0.4, -0.2) is 52.0 Å². The zero-order valence-corrected chi connectivity index (χ0v) is 14.9. The third-order valence-corrected chi connectivity index (χ3v) is 4.16. The summed E-state index contributed by atoms with van der Waals surface area (Å²) in [6.07, 6.45) is 0.666. The summed E-state index contributed by atoms with van der Waals surface area (Å²) in [5, 5.41) is 23.4. The highest BCUT2D eigenvalue weighted by atomic mass is 16.6. The number of phenolic OH excluding ortho intramolecular Hbond substituents is 1. The highest BCUT2D eigenvalue weighted by molar-refractivity contribution is 5.68. The van der Waals surface area contributed by atoms with Gasteiger partial charge < -0.3 is 25.2 Å². The van der Waals surface area contributed by atoms with Gasteiger partial charge in [-0.1, -0.05) is 0 Å². The van der Waals surface area contributed by atoms with Gasteiger partial charge in [0.25, 0.3) is 0 Å². The highest BCUT2D eigenvalue weighted by Crippen LogP contribution is 2.26. The minimum Gasteiger partial charge on any atom is -0.508 e. The number of aliphatic hydroxyl groups is 1. The van der Waals surface area contributed by atoms with Crippen LogP contribution >= 0.6 is 0 Å². The van der Waals surface area contributed by atoms with Crippen LogP contribution in [0.25, 0.3) is 0 Å². The number of benzene rings is 1. The van der Waals surface area contributed by atoms with Gasteiger partial charge >= 0.3 is 6.09 Å². The number of hydrogen-bond acceptors (Lipinski definition) is 5. The van der Waals surface area contributed by atoms with Crippen molar-refractivity contribution in [1.29, 1.82) is 0 Å². The van der Waals surface area contributed by atoms with E-state index in [2.05, 4.69) is 5.32 Å². The van der Waals surface area contributed by atoms with Gasteiger partial charge in [0.15, 0.2) is 0 Å². The second-order valence-corrected chi connectivity index (χ2v) is 7.54. The molecule has 134 valence electrons. The van der Waals surface area contributed by atoms with Crippen molar-refractivity contribution in [3.63, 3.8) is 0 Å². The lowest BCUT2D eigenvalue weighted by molar-refractivity contribution is -0.0244. The fourth-order valence-corrected chi connectivity index (χ4v) is 2.71. The Bertz CT molecular complexity index is 587. The molecule has 0 spiro atoms. The number of nitrogens with one attached hydrogen (secondary N) is 1. The summed E-state index contributed by atoms with van der Waals surface area (Å²) in [4.78, 5) is 13.7. The van der Waals surface area contributed by atoms with E-state index in [0.717, 1.165) is 11.3 Å². The van der Waals surface area contributed by atoms with E-state index in [4.69, 9.17) is 4.74 Å². The number of carbonyl (C=O) groups is 1. The van der Waals surface area contributed by atoms with E-state index in [-0.39, 0.29) is 11.8 Å². The first-order valence-corrected chi connectivity index (χ1v) is 8.32. The third-order valence-electron chi connectivity index (χ3n) is 4.16. The molecule has 0 aromatic heterocycles. The first kappa shape index (κ1) is 18.4. The number of piperidine rings is 1. The predicted octanol–water partition coefficient (Wildman–Crippen LogP) is 2.87. The Balaban J connectivity index is 1.87. The van der Waals surface area contributed by atoms with Gasteiger partial charge in [0, 0.05) is 25.3 Å². The number of likely N-dealkylation sites (tertiary alicyclic amines) is 1. The molecule has 1 aliphatic rings. The zero-order valence-electron chi connectivity index (χ0n) is 14.9. The molecule has 1 saturated heterocycles. The summed E-state index contributed by atoms with van der Waals surface area (Å²) >= 11 is 0. The molecule has 0 bridgehead atoms. The molecule has 6 heteroatoms. The SMILES string of the molecule is Cc1cc(O)ccc1NCC1(O)CCN(C(=O)OC(C)(C)C)CC1. The maximum atomic E-state index is 12.1. The molecule has 1 aromatic rings. The Kier molecular flexibility index (Phi) is 5.28. The van der Waals surface area contributed by atoms with Gasteiger partial charge in [0.2, 0.25) is 0 Å². The summed E-state index contributed by atoms with van der Waals surface area (Å²) in [5.74, 6) is 0.224. The standard InChI is InChI=1S/C18H28N2O4/c1-13-11-14(21)5-6-15(13)19-12-18(23)7-9-20(10-8-18)16(22)24-17(2,3)4/h5-6,11,19,21,23H,7-10,12H2,1-4H3. The smallest absolute Gasteiger partial charge is 0.410 e. The molecule has 0 aliphatic carbocycles. The Labute approximate surface area is 143 Å². The lowest BCUT2D eigenvalue weighted by Gasteiger charge is -2.38. The molecular weight excluding hydrogens is 308 g/mol. The molecule has 24 heavy (non-hydrogen) atoms. The fraction of sp³-hybridized carbons (Fsp3) is 0.611. The molecule has 1 aliphatic heterocycles. The molecule has 1 amide bonds. The molecule has 6 nitrogen and oxygen atoms in total. The molecule has 1 aromatic carbocycles. The molecular formula is C18H28N2O4. The van der Waals surface area contributed by atoms with Gasteiger partial charge in [-0.3, -0.25) is 0 Å². The van der Waals surface area contributed by atoms with Crippen molar-refractivity contribution < 1.29 is 19.7 Å². The number of hydrogen-bond donors (Lipinski definition) is 3. The van der Waals surface area contributed by atoms with Crippen LogP contribution in [-0.2, 0) is 4.74 Å². The Morgan fingerprint density at radius 2 is 1.96 bits per heavy atom. The molecule has 1 heterocycles. The van der Waals surface area contributed by atoms with Crippen molar-refractivity contribution in [3.05, 3.63) is 23.8 Å². The van der Waals surface area contributed by atoms with Gasteiger partial charge in [-0.25, -0.2) is 4.79 Å². The first-order valence-electron chi connectivity index (χ1n) is 8.32. The van der Waals surface area contributed by atoms with Crippen LogP contribution in [0.5, 0.6) is 5.75 Å². The van der Waals surface area contributed by atoms with E-state index in [1.807, 2.05) is 27.7 Å². The van der Waals surface area contributed by atoms with Crippen molar-refractivity contribution in [1.82, 2.24) is 4.90 Å². The molecule has 0 atom stereocenters. The van der Waals surface area contributed by atoms with E-state index >= 15 is 0 Å². The van der Waals surface area contributed by atoms with E-state index in [0.29, 0.717) is 32.5 Å². The van der Waals surface area contributed by atoms with Crippen molar-refractivity contribution in [2.24, 2.45) is 0 Å². The van der Waals surface area contributed by atoms with Crippen molar-refractivity contribution in [2.45, 2.75) is 51.7 Å². The number of phenols is 1. The number of rotatable bonds is 3. The average Bonchev–Trinajstić information content (AvgIpc) is 2.45. The van der Waals surface area contributed by atoms with Crippen LogP contribution in [0, 0.1) is 6.92 Å². The maximum absolute atomic E-state index is 12.1. The Hall–Kier alpha value is -1.95. The fourth-order valence-electron chi connectivity index (χ4n) is 2.71. The number of aromatic hydroxyl groups is 1. The predicted molar refractivity (Wildman–Crippen MR) is 93.3 cm³/mol. The Morgan fingerprint density at radius 3 is 2.50 bits per heavy atom. The second-order valence-electron chi connectivity index (χ2n) is 7.54. The van der Waals surface area contributed by atoms with Gasteiger partial charge in [0.05, 0.1) is 5.60 Å². The number of anilines is 1. The summed E-state index contributed by atoms with van der Waals surface area (Å²) in [7, 11) is 0. The maximum Gasteiger partial charge on any atom is 0.410 e. The molecule has 0 radical (unpaired) electrons. The van der Waals surface area contributed by atoms with E-state index < -0.39 is 11.2 Å². The monoisotopic (exact) mass is 336 g/mol. The van der Waals surface area contributed by atoms with Crippen LogP contribution in [0.3, 0.4) is 0 Å². The minimum atomic E-state index is -0.858. The minimum absolute atomic E-state index is 0.224. The number of nitrogens with zero attached hydrogens (tertiary/aromatic N) is 1. The lowest BCUT2D eigenvalue weighted by Crippen LogP contribution is -2.50. The molecule has 2 rings (SSSR count). The third kappa shape index (κ3) is 5.03. The number of amides is 1.